The number of ketones is 1. The summed E-state index contributed by atoms with van der Waals surface area (Å²) in [4.78, 5) is 48.3. The first-order valence-electron chi connectivity index (χ1n) is 10.8. The molecular weight excluding hydrogens is 453 g/mol. The van der Waals surface area contributed by atoms with Gasteiger partial charge in [0.1, 0.15) is 5.82 Å². The third-order valence-electron chi connectivity index (χ3n) is 5.27. The molecule has 2 amide bonds. The van der Waals surface area contributed by atoms with Crippen molar-refractivity contribution in [3.63, 3.8) is 0 Å². The van der Waals surface area contributed by atoms with Crippen molar-refractivity contribution in [2.75, 3.05) is 17.2 Å². The first-order chi connectivity index (χ1) is 16.5. The number of hydrogen-bond acceptors (Lipinski definition) is 5. The summed E-state index contributed by atoms with van der Waals surface area (Å²) in [5.41, 5.74) is 3.50. The van der Waals surface area contributed by atoms with Gasteiger partial charge >= 0.3 is 5.97 Å². The Kier molecular flexibility index (Phi) is 7.80. The molecule has 2 N–H and O–H groups in total. The van der Waals surface area contributed by atoms with Crippen molar-refractivity contribution in [1.29, 1.82) is 0 Å². The molecule has 182 valence electrons. The zero-order chi connectivity index (χ0) is 25.7. The fourth-order valence-corrected chi connectivity index (χ4v) is 3.69. The molecule has 1 heterocycles. The predicted octanol–water partition coefficient (Wildman–Crippen LogP) is 4.25. The minimum Gasteiger partial charge on any atom is -0.454 e. The standard InChI is InChI=1S/C26H26FN3O5/c1-15-9-24(16(2)30(15)13-19-5-7-21(27)8-6-19)25(33)14-35-26(34)20-10-22(28-17(3)31)12-23(11-20)29-18(4)32/h5-12H,13-14H2,1-4H3,(H,28,31)(H,29,32). The molecule has 0 saturated heterocycles. The highest BCUT2D eigenvalue weighted by Crippen LogP contribution is 2.21. The van der Waals surface area contributed by atoms with Crippen LogP contribution in [0.5, 0.6) is 0 Å². The number of Topliss-reactive ketones (excluding diaryl/α,β-unsaturated/α-hetero) is 1. The van der Waals surface area contributed by atoms with E-state index in [0.29, 0.717) is 29.2 Å². The SMILES string of the molecule is CC(=O)Nc1cc(NC(C)=O)cc(C(=O)OCC(=O)c2cc(C)n(Cc3ccc(F)cc3)c2C)c1. The Labute approximate surface area is 202 Å². The molecule has 0 radical (unpaired) electrons. The fraction of sp³-hybridized carbons (Fsp3) is 0.231. The molecule has 0 unspecified atom stereocenters. The van der Waals surface area contributed by atoms with Crippen LogP contribution < -0.4 is 10.6 Å². The van der Waals surface area contributed by atoms with Crippen LogP contribution in [-0.2, 0) is 20.9 Å². The number of aryl methyl sites for hydroxylation is 1. The summed E-state index contributed by atoms with van der Waals surface area (Å²) in [5, 5.41) is 5.11. The topological polar surface area (TPSA) is 107 Å². The number of nitrogens with one attached hydrogen (secondary N) is 2. The average Bonchev–Trinajstić information content (AvgIpc) is 3.06. The highest BCUT2D eigenvalue weighted by Gasteiger charge is 2.19. The van der Waals surface area contributed by atoms with Gasteiger partial charge < -0.3 is 19.9 Å². The number of benzene rings is 2. The molecule has 8 nitrogen and oxygen atoms in total. The molecule has 3 aromatic rings. The maximum absolute atomic E-state index is 13.2. The van der Waals surface area contributed by atoms with Gasteiger partial charge in [-0.05, 0) is 55.8 Å². The maximum atomic E-state index is 13.2. The van der Waals surface area contributed by atoms with Crippen molar-refractivity contribution in [1.82, 2.24) is 4.57 Å². The van der Waals surface area contributed by atoms with Crippen LogP contribution in [0, 0.1) is 19.7 Å². The molecule has 1 aromatic heterocycles. The molecule has 0 atom stereocenters. The third kappa shape index (κ3) is 6.63. The van der Waals surface area contributed by atoms with E-state index < -0.39 is 12.6 Å². The van der Waals surface area contributed by atoms with E-state index in [1.807, 2.05) is 11.5 Å². The lowest BCUT2D eigenvalue weighted by atomic mass is 10.1. The summed E-state index contributed by atoms with van der Waals surface area (Å²) >= 11 is 0. The number of anilines is 2. The van der Waals surface area contributed by atoms with Gasteiger partial charge in [0.05, 0.1) is 5.56 Å². The number of carbonyl (C=O) groups is 4. The Balaban J connectivity index is 1.73. The molecule has 0 aliphatic heterocycles. The number of esters is 1. The van der Waals surface area contributed by atoms with Gasteiger partial charge in [-0.25, -0.2) is 9.18 Å². The molecule has 0 aliphatic carbocycles. The largest absolute Gasteiger partial charge is 0.454 e. The molecule has 35 heavy (non-hydrogen) atoms. The van der Waals surface area contributed by atoms with Crippen molar-refractivity contribution in [3.8, 4) is 0 Å². The Hall–Kier alpha value is -4.27. The lowest BCUT2D eigenvalue weighted by Gasteiger charge is -2.11. The molecule has 0 bridgehead atoms. The van der Waals surface area contributed by atoms with Gasteiger partial charge in [-0.15, -0.1) is 0 Å². The van der Waals surface area contributed by atoms with Gasteiger partial charge in [0.2, 0.25) is 17.6 Å². The molecule has 3 rings (SSSR count). The van der Waals surface area contributed by atoms with Crippen LogP contribution in [-0.4, -0.2) is 34.7 Å². The minimum atomic E-state index is -0.780. The van der Waals surface area contributed by atoms with Crippen LogP contribution in [0.3, 0.4) is 0 Å². The number of halogens is 1. The zero-order valence-electron chi connectivity index (χ0n) is 19.9. The summed E-state index contributed by atoms with van der Waals surface area (Å²) in [6.07, 6.45) is 0. The van der Waals surface area contributed by atoms with Gasteiger partial charge in [0.25, 0.3) is 0 Å². The van der Waals surface area contributed by atoms with Gasteiger partial charge in [-0.2, -0.15) is 0 Å². The fourth-order valence-electron chi connectivity index (χ4n) is 3.69. The first-order valence-corrected chi connectivity index (χ1v) is 10.8. The molecule has 0 aliphatic rings. The van der Waals surface area contributed by atoms with E-state index in [2.05, 4.69) is 10.6 Å². The molecule has 0 spiro atoms. The second-order valence-electron chi connectivity index (χ2n) is 8.16. The summed E-state index contributed by atoms with van der Waals surface area (Å²) in [5.74, 6) is -2.18. The van der Waals surface area contributed by atoms with Gasteiger partial charge in [0, 0.05) is 48.7 Å². The third-order valence-corrected chi connectivity index (χ3v) is 5.27. The van der Waals surface area contributed by atoms with E-state index >= 15 is 0 Å². The van der Waals surface area contributed by atoms with Crippen LogP contribution in [0.1, 0.15) is 51.5 Å². The highest BCUT2D eigenvalue weighted by atomic mass is 19.1. The second kappa shape index (κ2) is 10.8. The smallest absolute Gasteiger partial charge is 0.338 e. The van der Waals surface area contributed by atoms with Gasteiger partial charge in [-0.3, -0.25) is 14.4 Å². The molecule has 0 saturated carbocycles. The number of rotatable bonds is 8. The molecular formula is C26H26FN3O5. The zero-order valence-corrected chi connectivity index (χ0v) is 19.9. The van der Waals surface area contributed by atoms with E-state index in [0.717, 1.165) is 11.3 Å². The van der Waals surface area contributed by atoms with E-state index in [1.54, 1.807) is 25.1 Å². The van der Waals surface area contributed by atoms with E-state index in [-0.39, 0.29) is 29.0 Å². The van der Waals surface area contributed by atoms with Gasteiger partial charge in [0.15, 0.2) is 6.61 Å². The second-order valence-corrected chi connectivity index (χ2v) is 8.16. The van der Waals surface area contributed by atoms with E-state index in [1.165, 1.54) is 44.2 Å². The van der Waals surface area contributed by atoms with Crippen molar-refractivity contribution < 1.29 is 28.3 Å². The van der Waals surface area contributed by atoms with Crippen LogP contribution in [0.25, 0.3) is 0 Å². The number of ether oxygens (including phenoxy) is 1. The van der Waals surface area contributed by atoms with Crippen LogP contribution in [0.2, 0.25) is 0 Å². The lowest BCUT2D eigenvalue weighted by molar-refractivity contribution is -0.115. The average molecular weight is 480 g/mol. The summed E-state index contributed by atoms with van der Waals surface area (Å²) in [7, 11) is 0. The molecule has 9 heteroatoms. The first kappa shape index (κ1) is 25.4. The van der Waals surface area contributed by atoms with E-state index in [9.17, 15) is 23.6 Å². The normalized spacial score (nSPS) is 10.5. The van der Waals surface area contributed by atoms with Crippen LogP contribution in [0.4, 0.5) is 15.8 Å². The molecule has 0 fully saturated rings. The van der Waals surface area contributed by atoms with Crippen molar-refractivity contribution in [2.45, 2.75) is 34.2 Å². The number of carbonyl (C=O) groups excluding carboxylic acids is 4. The number of hydrogen-bond donors (Lipinski definition) is 2. The minimum absolute atomic E-state index is 0.0644. The Morgan fingerprint density at radius 1 is 0.886 bits per heavy atom. The van der Waals surface area contributed by atoms with Crippen molar-refractivity contribution in [2.24, 2.45) is 0 Å². The van der Waals surface area contributed by atoms with Crippen molar-refractivity contribution in [3.05, 3.63) is 82.4 Å². The van der Waals surface area contributed by atoms with E-state index in [4.69, 9.17) is 4.74 Å². The van der Waals surface area contributed by atoms with Crippen LogP contribution >= 0.6 is 0 Å². The summed E-state index contributed by atoms with van der Waals surface area (Å²) < 4.78 is 20.4. The Morgan fingerprint density at radius 3 is 2.00 bits per heavy atom. The molecule has 2 aromatic carbocycles. The maximum Gasteiger partial charge on any atom is 0.338 e. The predicted molar refractivity (Wildman–Crippen MR) is 129 cm³/mol. The lowest BCUT2D eigenvalue weighted by Crippen LogP contribution is -2.16. The van der Waals surface area contributed by atoms with Crippen molar-refractivity contribution >= 4 is 34.9 Å². The summed E-state index contributed by atoms with van der Waals surface area (Å²) in [6.45, 7) is 6.26. The number of amides is 2. The summed E-state index contributed by atoms with van der Waals surface area (Å²) in [6, 6.07) is 12.1. The van der Waals surface area contributed by atoms with Crippen LogP contribution in [0.15, 0.2) is 48.5 Å². The number of aromatic nitrogens is 1. The quantitative estimate of drug-likeness (QED) is 0.371. The highest BCUT2D eigenvalue weighted by molar-refractivity contribution is 6.01. The Bertz CT molecular complexity index is 1260. The van der Waals surface area contributed by atoms with Gasteiger partial charge in [-0.1, -0.05) is 12.1 Å². The monoisotopic (exact) mass is 479 g/mol. The number of nitrogens with zero attached hydrogens (tertiary/aromatic N) is 1. The Morgan fingerprint density at radius 2 is 1.46 bits per heavy atom.